The van der Waals surface area contributed by atoms with Gasteiger partial charge in [-0.1, -0.05) is 55.5 Å². The largest absolute Gasteiger partial charge is 0.446 e. The molecule has 0 saturated heterocycles. The first-order chi connectivity index (χ1) is 10.9. The van der Waals surface area contributed by atoms with E-state index in [1.165, 1.54) is 0 Å². The zero-order valence-corrected chi connectivity index (χ0v) is 13.1. The molecule has 0 fully saturated rings. The molecule has 2 aromatic carbocycles. The number of Topliss-reactive ketones (excluding diaryl/α,β-unsaturated/α-hetero) is 1. The number of thioether (sulfide) groups is 1. The molecule has 23 heavy (non-hydrogen) atoms. The first kappa shape index (κ1) is 15.9. The summed E-state index contributed by atoms with van der Waals surface area (Å²) in [4.78, 5) is 12.2. The normalized spacial score (nSPS) is 14.3. The number of rotatable bonds is 3. The highest BCUT2D eigenvalue weighted by Gasteiger charge is 2.39. The number of benzene rings is 2. The number of hydrogen-bond donors (Lipinski definition) is 0. The molecule has 0 bridgehead atoms. The molecule has 0 amide bonds. The monoisotopic (exact) mass is 334 g/mol. The number of carbonyl (C=O) groups is 1. The number of allylic oxidation sites excluding steroid dienone is 1. The molecular formula is C18H13F3OS. The van der Waals surface area contributed by atoms with Crippen LogP contribution < -0.4 is 0 Å². The van der Waals surface area contributed by atoms with E-state index >= 15 is 0 Å². The van der Waals surface area contributed by atoms with Gasteiger partial charge in [-0.3, -0.25) is 4.79 Å². The van der Waals surface area contributed by atoms with E-state index in [0.29, 0.717) is 22.3 Å². The van der Waals surface area contributed by atoms with Crippen molar-refractivity contribution in [1.29, 1.82) is 0 Å². The maximum atomic E-state index is 12.9. The van der Waals surface area contributed by atoms with Crippen LogP contribution in [0.15, 0.2) is 53.4 Å². The van der Waals surface area contributed by atoms with Gasteiger partial charge in [0.1, 0.15) is 0 Å². The number of fused-ring (bicyclic) bond motifs is 1. The van der Waals surface area contributed by atoms with E-state index in [4.69, 9.17) is 0 Å². The average Bonchev–Trinajstić information content (AvgIpc) is 2.79. The number of halogens is 3. The third-order valence-electron chi connectivity index (χ3n) is 3.74. The van der Waals surface area contributed by atoms with Crippen LogP contribution >= 0.6 is 11.8 Å². The maximum Gasteiger partial charge on any atom is 0.446 e. The second-order valence-corrected chi connectivity index (χ2v) is 6.25. The standard InChI is InChI=1S/C18H13F3OS/c1-2-11-7-9-12(10-8-11)15-13-5-3-4-6-14(13)16(22)17(15)23-18(19,20)21/h3-10H,2H2,1H3. The summed E-state index contributed by atoms with van der Waals surface area (Å²) in [5.74, 6) is -0.558. The Hall–Kier alpha value is -2.01. The lowest BCUT2D eigenvalue weighted by molar-refractivity contribution is -0.0322. The van der Waals surface area contributed by atoms with E-state index in [1.807, 2.05) is 19.1 Å². The van der Waals surface area contributed by atoms with Crippen molar-refractivity contribution >= 4 is 23.1 Å². The summed E-state index contributed by atoms with van der Waals surface area (Å²) >= 11 is -0.328. The maximum absolute atomic E-state index is 12.9. The van der Waals surface area contributed by atoms with Crippen molar-refractivity contribution in [2.24, 2.45) is 0 Å². The van der Waals surface area contributed by atoms with E-state index in [9.17, 15) is 18.0 Å². The van der Waals surface area contributed by atoms with Gasteiger partial charge in [-0.2, -0.15) is 13.2 Å². The summed E-state index contributed by atoms with van der Waals surface area (Å²) in [7, 11) is 0. The molecule has 0 unspecified atom stereocenters. The zero-order chi connectivity index (χ0) is 16.6. The summed E-state index contributed by atoms with van der Waals surface area (Å²) in [5, 5.41) is 0. The van der Waals surface area contributed by atoms with E-state index in [1.54, 1.807) is 36.4 Å². The van der Waals surface area contributed by atoms with Gasteiger partial charge in [0.2, 0.25) is 5.78 Å². The van der Waals surface area contributed by atoms with Crippen LogP contribution in [0.3, 0.4) is 0 Å². The number of hydrogen-bond acceptors (Lipinski definition) is 2. The first-order valence-electron chi connectivity index (χ1n) is 7.14. The van der Waals surface area contributed by atoms with Gasteiger partial charge in [0.25, 0.3) is 0 Å². The molecule has 0 spiro atoms. The fraction of sp³-hybridized carbons (Fsp3) is 0.167. The average molecular weight is 334 g/mol. The lowest BCUT2D eigenvalue weighted by Gasteiger charge is -2.10. The number of carbonyl (C=O) groups excluding carboxylic acids is 1. The minimum Gasteiger partial charge on any atom is -0.288 e. The number of alkyl halides is 3. The van der Waals surface area contributed by atoms with Crippen molar-refractivity contribution in [2.75, 3.05) is 0 Å². The molecule has 1 nitrogen and oxygen atoms in total. The minimum absolute atomic E-state index is 0.247. The highest BCUT2D eigenvalue weighted by atomic mass is 32.2. The van der Waals surface area contributed by atoms with Crippen LogP contribution in [0.5, 0.6) is 0 Å². The molecule has 3 rings (SSSR count). The molecule has 0 saturated carbocycles. The van der Waals surface area contributed by atoms with Crippen molar-refractivity contribution in [3.8, 4) is 0 Å². The lowest BCUT2D eigenvalue weighted by Crippen LogP contribution is -2.05. The SMILES string of the molecule is CCc1ccc(C2=C(SC(F)(F)F)C(=O)c3ccccc32)cc1. The third kappa shape index (κ3) is 3.06. The van der Waals surface area contributed by atoms with Crippen LogP contribution in [0.2, 0.25) is 0 Å². The smallest absolute Gasteiger partial charge is 0.288 e. The fourth-order valence-corrected chi connectivity index (χ4v) is 3.43. The van der Waals surface area contributed by atoms with Gasteiger partial charge in [-0.25, -0.2) is 0 Å². The van der Waals surface area contributed by atoms with Crippen LogP contribution in [0, 0.1) is 0 Å². The van der Waals surface area contributed by atoms with Gasteiger partial charge >= 0.3 is 5.51 Å². The highest BCUT2D eigenvalue weighted by Crippen LogP contribution is 2.47. The molecule has 118 valence electrons. The van der Waals surface area contributed by atoms with Gasteiger partial charge in [0.05, 0.1) is 4.91 Å². The van der Waals surface area contributed by atoms with E-state index < -0.39 is 11.3 Å². The molecule has 1 aliphatic rings. The summed E-state index contributed by atoms with van der Waals surface area (Å²) in [6, 6.07) is 14.0. The predicted molar refractivity (Wildman–Crippen MR) is 86.3 cm³/mol. The summed E-state index contributed by atoms with van der Waals surface area (Å²) in [5.41, 5.74) is -1.51. The van der Waals surface area contributed by atoms with E-state index in [0.717, 1.165) is 12.0 Å². The van der Waals surface area contributed by atoms with Crippen molar-refractivity contribution < 1.29 is 18.0 Å². The Labute approximate surface area is 136 Å². The first-order valence-corrected chi connectivity index (χ1v) is 7.96. The van der Waals surface area contributed by atoms with Gasteiger partial charge in [0, 0.05) is 11.1 Å². The molecule has 0 aliphatic heterocycles. The van der Waals surface area contributed by atoms with Crippen LogP contribution in [-0.2, 0) is 6.42 Å². The molecule has 0 aromatic heterocycles. The zero-order valence-electron chi connectivity index (χ0n) is 12.3. The predicted octanol–water partition coefficient (Wildman–Crippen LogP) is 5.46. The summed E-state index contributed by atoms with van der Waals surface area (Å²) in [6.07, 6.45) is 0.846. The lowest BCUT2D eigenvalue weighted by atomic mass is 9.98. The fourth-order valence-electron chi connectivity index (χ4n) is 2.66. The Bertz CT molecular complexity index is 789. The Morgan fingerprint density at radius 3 is 2.13 bits per heavy atom. The van der Waals surface area contributed by atoms with Crippen LogP contribution in [0.25, 0.3) is 5.57 Å². The molecule has 1 aliphatic carbocycles. The molecule has 0 atom stereocenters. The molecule has 2 aromatic rings. The second-order valence-electron chi connectivity index (χ2n) is 5.18. The number of ketones is 1. The summed E-state index contributed by atoms with van der Waals surface area (Å²) in [6.45, 7) is 2.01. The van der Waals surface area contributed by atoms with Crippen molar-refractivity contribution in [2.45, 2.75) is 18.9 Å². The van der Waals surface area contributed by atoms with Gasteiger partial charge in [-0.05, 0) is 34.9 Å². The van der Waals surface area contributed by atoms with E-state index in [-0.39, 0.29) is 16.7 Å². The van der Waals surface area contributed by atoms with Crippen molar-refractivity contribution in [3.63, 3.8) is 0 Å². The van der Waals surface area contributed by atoms with Gasteiger partial charge in [0.15, 0.2) is 0 Å². The Kier molecular flexibility index (Phi) is 4.06. The Morgan fingerprint density at radius 2 is 1.57 bits per heavy atom. The van der Waals surface area contributed by atoms with E-state index in [2.05, 4.69) is 0 Å². The van der Waals surface area contributed by atoms with Crippen LogP contribution in [0.1, 0.15) is 34.0 Å². The van der Waals surface area contributed by atoms with Crippen molar-refractivity contribution in [1.82, 2.24) is 0 Å². The molecule has 0 radical (unpaired) electrons. The molecule has 0 N–H and O–H groups in total. The van der Waals surface area contributed by atoms with Crippen LogP contribution in [-0.4, -0.2) is 11.3 Å². The number of aryl methyl sites for hydroxylation is 1. The quantitative estimate of drug-likeness (QED) is 0.741. The minimum atomic E-state index is -4.50. The van der Waals surface area contributed by atoms with Gasteiger partial charge in [-0.15, -0.1) is 0 Å². The topological polar surface area (TPSA) is 17.1 Å². The Balaban J connectivity index is 2.17. The molecule has 5 heteroatoms. The highest BCUT2D eigenvalue weighted by molar-refractivity contribution is 8.05. The van der Waals surface area contributed by atoms with Crippen molar-refractivity contribution in [3.05, 3.63) is 75.7 Å². The second kappa shape index (κ2) is 5.89. The summed E-state index contributed by atoms with van der Waals surface area (Å²) < 4.78 is 38.7. The van der Waals surface area contributed by atoms with Crippen LogP contribution in [0.4, 0.5) is 13.2 Å². The molecular weight excluding hydrogens is 321 g/mol. The third-order valence-corrected chi connectivity index (χ3v) is 4.57. The van der Waals surface area contributed by atoms with Gasteiger partial charge < -0.3 is 0 Å². The Morgan fingerprint density at radius 1 is 0.957 bits per heavy atom. The molecule has 0 heterocycles.